The quantitative estimate of drug-likeness (QED) is 0.145. The van der Waals surface area contributed by atoms with Crippen LogP contribution in [0.1, 0.15) is 5.69 Å². The molecule has 1 aromatic heterocycles. The molecule has 1 aromatic carbocycles. The number of amides is 2. The molecule has 1 fully saturated rings. The van der Waals surface area contributed by atoms with Crippen LogP contribution < -0.4 is 20.5 Å². The number of hydrogen-bond acceptors (Lipinski definition) is 13. The Morgan fingerprint density at radius 1 is 1.23 bits per heavy atom. The number of methoxy groups -OCH3 is 1. The first kappa shape index (κ1) is 27.7. The average Bonchev–Trinajstić information content (AvgIpc) is 3.37. The number of aliphatic carboxylic acids is 1. The number of thiazole rings is 1. The number of nitrogens with one attached hydrogen (secondary N) is 1. The molecule has 0 aliphatic carbocycles. The molecule has 39 heavy (non-hydrogen) atoms. The van der Waals surface area contributed by atoms with Crippen LogP contribution in [0, 0.1) is 0 Å². The van der Waals surface area contributed by atoms with E-state index in [9.17, 15) is 24.3 Å². The third-order valence-electron chi connectivity index (χ3n) is 5.52. The number of carbonyl (C=O) groups excluding carboxylic acids is 3. The minimum Gasteiger partial charge on any atom is -0.497 e. The van der Waals surface area contributed by atoms with Gasteiger partial charge in [0.05, 0.1) is 7.11 Å². The lowest BCUT2D eigenvalue weighted by Crippen LogP contribution is -2.71. The zero-order valence-electron chi connectivity index (χ0n) is 20.6. The number of benzene rings is 1. The molecule has 3 heterocycles. The summed E-state index contributed by atoms with van der Waals surface area (Å²) < 4.78 is 15.6. The van der Waals surface area contributed by atoms with Gasteiger partial charge in [-0.1, -0.05) is 5.16 Å². The Labute approximate surface area is 229 Å². The van der Waals surface area contributed by atoms with E-state index in [4.69, 9.17) is 24.8 Å². The van der Waals surface area contributed by atoms with E-state index in [1.807, 2.05) is 0 Å². The summed E-state index contributed by atoms with van der Waals surface area (Å²) in [7, 11) is 2.78. The number of nitrogen functional groups attached to an aromatic ring is 1. The van der Waals surface area contributed by atoms with Crippen LogP contribution in [0.4, 0.5) is 5.13 Å². The van der Waals surface area contributed by atoms with Crippen LogP contribution in [-0.2, 0) is 28.8 Å². The first-order chi connectivity index (χ1) is 18.7. The fourth-order valence-electron chi connectivity index (χ4n) is 3.72. The molecule has 14 nitrogen and oxygen atoms in total. The SMILES string of the molecule is CO/N=C(/C(=O)NC1C(=O)N2C(C(=O)O)=C(COC(=O)COc3ccc(OC)cc3)CSC12)c1csc(N)n1. The number of nitrogens with zero attached hydrogens (tertiary/aromatic N) is 3. The Kier molecular flexibility index (Phi) is 8.55. The van der Waals surface area contributed by atoms with E-state index < -0.39 is 41.8 Å². The average molecular weight is 578 g/mol. The second-order valence-corrected chi connectivity index (χ2v) is 9.93. The topological polar surface area (TPSA) is 192 Å². The molecule has 4 N–H and O–H groups in total. The van der Waals surface area contributed by atoms with Gasteiger partial charge in [0.25, 0.3) is 11.8 Å². The van der Waals surface area contributed by atoms with Crippen molar-refractivity contribution in [2.45, 2.75) is 11.4 Å². The summed E-state index contributed by atoms with van der Waals surface area (Å²) >= 11 is 2.31. The van der Waals surface area contributed by atoms with Gasteiger partial charge in [0.2, 0.25) is 0 Å². The summed E-state index contributed by atoms with van der Waals surface area (Å²) in [4.78, 5) is 59.8. The number of carbonyl (C=O) groups is 4. The Morgan fingerprint density at radius 3 is 2.56 bits per heavy atom. The predicted octanol–water partition coefficient (Wildman–Crippen LogP) is 0.445. The maximum Gasteiger partial charge on any atom is 0.352 e. The number of aromatic nitrogens is 1. The van der Waals surface area contributed by atoms with Gasteiger partial charge in [-0.25, -0.2) is 14.6 Å². The molecule has 16 heteroatoms. The summed E-state index contributed by atoms with van der Waals surface area (Å²) in [5.41, 5.74) is 5.55. The molecule has 0 spiro atoms. The van der Waals surface area contributed by atoms with Gasteiger partial charge in [-0.3, -0.25) is 14.5 Å². The number of esters is 1. The number of thioether (sulfide) groups is 1. The predicted molar refractivity (Wildman–Crippen MR) is 139 cm³/mol. The van der Waals surface area contributed by atoms with E-state index in [1.165, 1.54) is 31.4 Å². The fourth-order valence-corrected chi connectivity index (χ4v) is 5.59. The van der Waals surface area contributed by atoms with E-state index in [0.717, 1.165) is 16.2 Å². The van der Waals surface area contributed by atoms with Gasteiger partial charge in [-0.05, 0) is 24.3 Å². The lowest BCUT2D eigenvalue weighted by atomic mass is 10.0. The van der Waals surface area contributed by atoms with Crippen LogP contribution in [-0.4, -0.2) is 89.1 Å². The summed E-state index contributed by atoms with van der Waals surface area (Å²) in [5, 5.41) is 17.1. The van der Waals surface area contributed by atoms with Crippen molar-refractivity contribution in [1.29, 1.82) is 0 Å². The van der Waals surface area contributed by atoms with Gasteiger partial charge in [-0.2, -0.15) is 0 Å². The van der Waals surface area contributed by atoms with Gasteiger partial charge in [0.15, 0.2) is 17.5 Å². The third-order valence-corrected chi connectivity index (χ3v) is 7.54. The number of ether oxygens (including phenoxy) is 3. The minimum absolute atomic E-state index is 0.150. The Morgan fingerprint density at radius 2 is 1.95 bits per heavy atom. The number of anilines is 1. The molecule has 2 aliphatic heterocycles. The summed E-state index contributed by atoms with van der Waals surface area (Å²) in [6, 6.07) is 5.56. The Hall–Kier alpha value is -4.31. The van der Waals surface area contributed by atoms with Crippen molar-refractivity contribution in [1.82, 2.24) is 15.2 Å². The van der Waals surface area contributed by atoms with Crippen LogP contribution in [0.3, 0.4) is 0 Å². The Balaban J connectivity index is 1.37. The lowest BCUT2D eigenvalue weighted by molar-refractivity contribution is -0.150. The van der Waals surface area contributed by atoms with Crippen molar-refractivity contribution >= 4 is 57.7 Å². The van der Waals surface area contributed by atoms with Crippen molar-refractivity contribution in [3.05, 3.63) is 46.6 Å². The molecule has 206 valence electrons. The highest BCUT2D eigenvalue weighted by atomic mass is 32.2. The number of carboxylic acid groups (broad SMARTS) is 1. The number of carboxylic acids is 1. The lowest BCUT2D eigenvalue weighted by Gasteiger charge is -2.49. The van der Waals surface area contributed by atoms with E-state index in [2.05, 4.69) is 15.5 Å². The van der Waals surface area contributed by atoms with Gasteiger partial charge < -0.3 is 35.2 Å². The standard InChI is InChI=1S/C23H23N5O9S2/c1-34-12-3-5-13(6-4-12)36-8-15(29)37-7-11-9-38-21-17(20(31)28(21)18(11)22(32)33)26-19(30)16(27-35-2)14-10-39-23(24)25-14/h3-6,10,17,21H,7-9H2,1-2H3,(H2,24,25)(H,26,30)(H,32,33)/b27-16+. The summed E-state index contributed by atoms with van der Waals surface area (Å²) in [6.45, 7) is -0.743. The highest BCUT2D eigenvalue weighted by Gasteiger charge is 2.54. The van der Waals surface area contributed by atoms with E-state index in [0.29, 0.717) is 11.5 Å². The van der Waals surface area contributed by atoms with Gasteiger partial charge in [-0.15, -0.1) is 23.1 Å². The number of fused-ring (bicyclic) bond motifs is 1. The zero-order valence-corrected chi connectivity index (χ0v) is 22.2. The van der Waals surface area contributed by atoms with Crippen LogP contribution >= 0.6 is 23.1 Å². The van der Waals surface area contributed by atoms with Gasteiger partial charge in [0, 0.05) is 16.7 Å². The highest BCUT2D eigenvalue weighted by Crippen LogP contribution is 2.40. The second kappa shape index (κ2) is 12.0. The maximum absolute atomic E-state index is 12.9. The van der Waals surface area contributed by atoms with Crippen molar-refractivity contribution < 1.29 is 43.3 Å². The number of rotatable bonds is 11. The second-order valence-electron chi connectivity index (χ2n) is 7.94. The molecule has 2 aliphatic rings. The monoisotopic (exact) mass is 577 g/mol. The number of hydrogen-bond donors (Lipinski definition) is 3. The zero-order chi connectivity index (χ0) is 28.1. The fraction of sp³-hybridized carbons (Fsp3) is 0.304. The van der Waals surface area contributed by atoms with Crippen LogP contribution in [0.2, 0.25) is 0 Å². The Bertz CT molecular complexity index is 1340. The van der Waals surface area contributed by atoms with E-state index >= 15 is 0 Å². The van der Waals surface area contributed by atoms with Gasteiger partial charge in [0.1, 0.15) is 48.0 Å². The molecule has 0 radical (unpaired) electrons. The molecule has 0 bridgehead atoms. The van der Waals surface area contributed by atoms with Crippen molar-refractivity contribution in [3.63, 3.8) is 0 Å². The van der Waals surface area contributed by atoms with Crippen LogP contribution in [0.25, 0.3) is 0 Å². The molecule has 0 saturated carbocycles. The van der Waals surface area contributed by atoms with Crippen LogP contribution in [0.5, 0.6) is 11.5 Å². The van der Waals surface area contributed by atoms with E-state index in [-0.39, 0.29) is 40.2 Å². The summed E-state index contributed by atoms with van der Waals surface area (Å²) in [5.74, 6) is -2.26. The summed E-state index contributed by atoms with van der Waals surface area (Å²) in [6.07, 6.45) is 0. The minimum atomic E-state index is -1.36. The molecular formula is C23H23N5O9S2. The highest BCUT2D eigenvalue weighted by molar-refractivity contribution is 8.00. The third kappa shape index (κ3) is 6.06. The molecule has 2 amide bonds. The molecule has 2 atom stereocenters. The van der Waals surface area contributed by atoms with Crippen LogP contribution in [0.15, 0.2) is 46.1 Å². The number of oxime groups is 1. The van der Waals surface area contributed by atoms with Crippen molar-refractivity contribution in [2.24, 2.45) is 5.16 Å². The number of nitrogens with two attached hydrogens (primary N) is 1. The molecule has 2 unspecified atom stereocenters. The number of β-lactam (4-membered cyclic amide) rings is 1. The molecular weight excluding hydrogens is 554 g/mol. The first-order valence-electron chi connectivity index (χ1n) is 11.2. The van der Waals surface area contributed by atoms with Crippen molar-refractivity contribution in [3.8, 4) is 11.5 Å². The van der Waals surface area contributed by atoms with Gasteiger partial charge >= 0.3 is 11.9 Å². The smallest absolute Gasteiger partial charge is 0.352 e. The van der Waals surface area contributed by atoms with E-state index in [1.54, 1.807) is 24.3 Å². The first-order valence-corrected chi connectivity index (χ1v) is 13.1. The largest absolute Gasteiger partial charge is 0.497 e. The maximum atomic E-state index is 12.9. The van der Waals surface area contributed by atoms with Crippen molar-refractivity contribution in [2.75, 3.05) is 38.9 Å². The molecule has 4 rings (SSSR count). The normalized spacial score (nSPS) is 18.6. The molecule has 1 saturated heterocycles. The molecule has 2 aromatic rings.